The number of nitrogens with two attached hydrogens (primary N) is 1. The number of aliphatic imine (C=N–C) groups is 1. The van der Waals surface area contributed by atoms with Gasteiger partial charge in [0.15, 0.2) is 0 Å². The Labute approximate surface area is 164 Å². The van der Waals surface area contributed by atoms with Crippen molar-refractivity contribution in [3.8, 4) is 6.07 Å². The topological polar surface area (TPSA) is 134 Å². The fourth-order valence-electron chi connectivity index (χ4n) is 2.76. The maximum Gasteiger partial charge on any atom is 0.288 e. The zero-order chi connectivity index (χ0) is 21.0. The first-order valence-corrected chi connectivity index (χ1v) is 8.30. The minimum atomic E-state index is -1.85. The second kappa shape index (κ2) is 8.04. The molecule has 0 radical (unpaired) electrons. The molecule has 0 aliphatic carbocycles. The van der Waals surface area contributed by atoms with Crippen molar-refractivity contribution in [1.82, 2.24) is 4.98 Å². The van der Waals surface area contributed by atoms with E-state index >= 15 is 0 Å². The van der Waals surface area contributed by atoms with Crippen molar-refractivity contribution in [3.63, 3.8) is 0 Å². The molecule has 0 unspecified atom stereocenters. The summed E-state index contributed by atoms with van der Waals surface area (Å²) < 4.78 is 33.5. The number of aromatic nitrogens is 1. The Bertz CT molecular complexity index is 1050. The molecular formula is C19H15F2N5O3. The molecule has 29 heavy (non-hydrogen) atoms. The highest BCUT2D eigenvalue weighted by atomic mass is 19.1. The summed E-state index contributed by atoms with van der Waals surface area (Å²) in [7, 11) is 0. The predicted molar refractivity (Wildman–Crippen MR) is 98.8 cm³/mol. The minimum Gasteiger partial charge on any atom is -0.429 e. The van der Waals surface area contributed by atoms with Gasteiger partial charge in [0.05, 0.1) is 5.56 Å². The molecule has 3 rings (SSSR count). The van der Waals surface area contributed by atoms with Crippen molar-refractivity contribution in [2.45, 2.75) is 5.54 Å². The van der Waals surface area contributed by atoms with E-state index in [1.807, 2.05) is 6.07 Å². The van der Waals surface area contributed by atoms with Crippen LogP contribution >= 0.6 is 0 Å². The van der Waals surface area contributed by atoms with Crippen LogP contribution in [0.2, 0.25) is 0 Å². The second-order valence-electron chi connectivity index (χ2n) is 6.07. The smallest absolute Gasteiger partial charge is 0.288 e. The third-order valence-electron chi connectivity index (χ3n) is 4.12. The monoisotopic (exact) mass is 399 g/mol. The standard InChI is InChI=1S/C19H15F2N5O3/c20-10-19(6-13(9-27)29-18(23)26-19)14-5-12(2-3-15(14)21)25-17(28)16-4-1-11(7-22)8-24-16/h1-6,8,27H,9-10H2,(H2,23,26)(H,25,28)/t19-/m1/s1. The van der Waals surface area contributed by atoms with Crippen molar-refractivity contribution in [1.29, 1.82) is 5.26 Å². The van der Waals surface area contributed by atoms with Gasteiger partial charge in [0.1, 0.15) is 42.2 Å². The summed E-state index contributed by atoms with van der Waals surface area (Å²) in [6.07, 6.45) is 2.37. The summed E-state index contributed by atoms with van der Waals surface area (Å²) in [6, 6.07) is 7.79. The van der Waals surface area contributed by atoms with Gasteiger partial charge in [0.25, 0.3) is 11.9 Å². The second-order valence-corrected chi connectivity index (χ2v) is 6.07. The van der Waals surface area contributed by atoms with Gasteiger partial charge in [0.2, 0.25) is 0 Å². The van der Waals surface area contributed by atoms with E-state index < -0.39 is 36.6 Å². The zero-order valence-corrected chi connectivity index (χ0v) is 14.9. The van der Waals surface area contributed by atoms with Crippen LogP contribution in [0.5, 0.6) is 0 Å². The minimum absolute atomic E-state index is 0.0332. The van der Waals surface area contributed by atoms with E-state index in [-0.39, 0.29) is 28.3 Å². The van der Waals surface area contributed by atoms with Crippen LogP contribution in [0.3, 0.4) is 0 Å². The fourth-order valence-corrected chi connectivity index (χ4v) is 2.76. The Kier molecular flexibility index (Phi) is 5.52. The summed E-state index contributed by atoms with van der Waals surface area (Å²) in [6.45, 7) is -1.74. The summed E-state index contributed by atoms with van der Waals surface area (Å²) in [5.41, 5.74) is 3.97. The largest absolute Gasteiger partial charge is 0.429 e. The number of amidine groups is 1. The molecule has 0 spiro atoms. The van der Waals surface area contributed by atoms with Crippen LogP contribution in [0.25, 0.3) is 0 Å². The lowest BCUT2D eigenvalue weighted by Gasteiger charge is -2.29. The van der Waals surface area contributed by atoms with Crippen LogP contribution in [0.4, 0.5) is 14.5 Å². The Balaban J connectivity index is 1.95. The summed E-state index contributed by atoms with van der Waals surface area (Å²) in [4.78, 5) is 20.1. The number of nitrogens with one attached hydrogen (secondary N) is 1. The number of halogens is 2. The number of aliphatic hydroxyl groups excluding tert-OH is 1. The number of amides is 1. The fraction of sp³-hybridized carbons (Fsp3) is 0.158. The number of benzene rings is 1. The van der Waals surface area contributed by atoms with E-state index in [1.54, 1.807) is 0 Å². The van der Waals surface area contributed by atoms with Crippen LogP contribution in [0.15, 0.2) is 53.4 Å². The summed E-state index contributed by atoms with van der Waals surface area (Å²) in [5, 5.41) is 20.6. The van der Waals surface area contributed by atoms with Crippen molar-refractivity contribution in [2.75, 3.05) is 18.6 Å². The summed E-state index contributed by atoms with van der Waals surface area (Å²) >= 11 is 0. The zero-order valence-electron chi connectivity index (χ0n) is 14.9. The molecule has 8 nitrogen and oxygen atoms in total. The number of carbonyl (C=O) groups excluding carboxylic acids is 1. The van der Waals surface area contributed by atoms with Crippen LogP contribution in [-0.2, 0) is 10.3 Å². The highest BCUT2D eigenvalue weighted by Crippen LogP contribution is 2.35. The van der Waals surface area contributed by atoms with Crippen molar-refractivity contribution >= 4 is 17.6 Å². The Hall–Kier alpha value is -3.84. The molecular weight excluding hydrogens is 384 g/mol. The molecule has 1 aliphatic rings. The number of anilines is 1. The first-order valence-electron chi connectivity index (χ1n) is 8.30. The number of hydrogen-bond donors (Lipinski definition) is 3. The highest BCUT2D eigenvalue weighted by molar-refractivity contribution is 6.02. The van der Waals surface area contributed by atoms with Crippen LogP contribution in [0, 0.1) is 17.1 Å². The number of aliphatic hydroxyl groups is 1. The van der Waals surface area contributed by atoms with Crippen molar-refractivity contribution in [3.05, 3.63) is 71.0 Å². The molecule has 10 heteroatoms. The van der Waals surface area contributed by atoms with Gasteiger partial charge in [-0.05, 0) is 36.4 Å². The lowest BCUT2D eigenvalue weighted by molar-refractivity contribution is 0.102. The molecule has 1 aromatic heterocycles. The van der Waals surface area contributed by atoms with E-state index in [9.17, 15) is 18.7 Å². The maximum atomic E-state index is 14.5. The van der Waals surface area contributed by atoms with Crippen LogP contribution in [-0.4, -0.2) is 35.3 Å². The number of nitrogens with zero attached hydrogens (tertiary/aromatic N) is 3. The molecule has 0 saturated carbocycles. The normalized spacial score (nSPS) is 18.1. The molecule has 148 valence electrons. The van der Waals surface area contributed by atoms with Gasteiger partial charge in [-0.1, -0.05) is 0 Å². The number of nitriles is 1. The molecule has 1 aliphatic heterocycles. The third kappa shape index (κ3) is 4.04. The Morgan fingerprint density at radius 1 is 1.38 bits per heavy atom. The third-order valence-corrected chi connectivity index (χ3v) is 4.12. The molecule has 0 bridgehead atoms. The van der Waals surface area contributed by atoms with Gasteiger partial charge in [0, 0.05) is 17.4 Å². The SMILES string of the molecule is N#Cc1ccc(C(=O)Nc2ccc(F)c([C@]3(CF)C=C(CO)OC(N)=N3)c2)nc1. The first-order chi connectivity index (χ1) is 13.9. The number of ether oxygens (including phenoxy) is 1. The van der Waals surface area contributed by atoms with Gasteiger partial charge >= 0.3 is 0 Å². The summed E-state index contributed by atoms with van der Waals surface area (Å²) in [5.74, 6) is -1.47. The lowest BCUT2D eigenvalue weighted by atomic mass is 9.89. The van der Waals surface area contributed by atoms with Crippen LogP contribution in [0.1, 0.15) is 21.6 Å². The van der Waals surface area contributed by atoms with E-state index in [1.165, 1.54) is 30.5 Å². The average molecular weight is 399 g/mol. The quantitative estimate of drug-likeness (QED) is 0.701. The molecule has 4 N–H and O–H groups in total. The van der Waals surface area contributed by atoms with E-state index in [4.69, 9.17) is 15.7 Å². The van der Waals surface area contributed by atoms with E-state index in [2.05, 4.69) is 15.3 Å². The number of rotatable bonds is 5. The molecule has 2 aromatic rings. The first kappa shape index (κ1) is 19.9. The molecule has 1 atom stereocenters. The van der Waals surface area contributed by atoms with Gasteiger partial charge in [-0.15, -0.1) is 0 Å². The number of pyridine rings is 1. The lowest BCUT2D eigenvalue weighted by Crippen LogP contribution is -2.35. The molecule has 1 amide bonds. The van der Waals surface area contributed by atoms with Gasteiger partial charge < -0.3 is 20.9 Å². The van der Waals surface area contributed by atoms with E-state index in [0.29, 0.717) is 0 Å². The molecule has 1 aromatic carbocycles. The highest BCUT2D eigenvalue weighted by Gasteiger charge is 2.37. The Morgan fingerprint density at radius 2 is 2.17 bits per heavy atom. The van der Waals surface area contributed by atoms with Gasteiger partial charge in [-0.25, -0.2) is 18.8 Å². The average Bonchev–Trinajstić information content (AvgIpc) is 2.74. The van der Waals surface area contributed by atoms with Gasteiger partial charge in [-0.2, -0.15) is 5.26 Å². The maximum absolute atomic E-state index is 14.5. The van der Waals surface area contributed by atoms with Crippen molar-refractivity contribution < 1.29 is 23.4 Å². The molecule has 2 heterocycles. The van der Waals surface area contributed by atoms with Crippen molar-refractivity contribution in [2.24, 2.45) is 10.7 Å². The molecule has 0 saturated heterocycles. The van der Waals surface area contributed by atoms with E-state index in [0.717, 1.165) is 12.1 Å². The molecule has 0 fully saturated rings. The number of carbonyl (C=O) groups is 1. The predicted octanol–water partition coefficient (Wildman–Crippen LogP) is 1.73. The number of alkyl halides is 1. The van der Waals surface area contributed by atoms with Crippen LogP contribution < -0.4 is 11.1 Å². The Morgan fingerprint density at radius 3 is 2.79 bits per heavy atom. The number of hydrogen-bond acceptors (Lipinski definition) is 7. The van der Waals surface area contributed by atoms with Gasteiger partial charge in [-0.3, -0.25) is 4.79 Å².